The van der Waals surface area contributed by atoms with E-state index in [0.717, 1.165) is 29.2 Å². The first-order chi connectivity index (χ1) is 9.08. The average molecular weight is 281 g/mol. The molecular formula is C14H23N3OS. The van der Waals surface area contributed by atoms with E-state index >= 15 is 0 Å². The lowest BCUT2D eigenvalue weighted by molar-refractivity contribution is 0.0939. The quantitative estimate of drug-likeness (QED) is 0.408. The van der Waals surface area contributed by atoms with E-state index in [1.165, 1.54) is 0 Å². The highest BCUT2D eigenvalue weighted by Gasteiger charge is 2.12. The monoisotopic (exact) mass is 281 g/mol. The molecule has 0 aliphatic carbocycles. The summed E-state index contributed by atoms with van der Waals surface area (Å²) in [7, 11) is 0. The Morgan fingerprint density at radius 2 is 2.21 bits per heavy atom. The Bertz CT molecular complexity index is 423. The van der Waals surface area contributed by atoms with Crippen molar-refractivity contribution in [1.29, 1.82) is 0 Å². The highest BCUT2D eigenvalue weighted by atomic mass is 32.2. The molecule has 0 aromatic heterocycles. The zero-order valence-corrected chi connectivity index (χ0v) is 12.6. The molecule has 0 saturated carbocycles. The summed E-state index contributed by atoms with van der Waals surface area (Å²) >= 11 is 1.89. The zero-order chi connectivity index (χ0) is 14.3. The number of carbonyl (C=O) groups is 1. The first-order valence-corrected chi connectivity index (χ1v) is 7.69. The molecule has 19 heavy (non-hydrogen) atoms. The van der Waals surface area contributed by atoms with E-state index in [0.29, 0.717) is 5.56 Å². The van der Waals surface area contributed by atoms with Gasteiger partial charge in [0.1, 0.15) is 0 Å². The molecule has 4 nitrogen and oxygen atoms in total. The maximum atomic E-state index is 12.1. The second-order valence-electron chi connectivity index (χ2n) is 4.53. The number of thioether (sulfide) groups is 1. The summed E-state index contributed by atoms with van der Waals surface area (Å²) in [5.74, 6) is 7.52. The molecule has 1 rings (SSSR count). The lowest BCUT2D eigenvalue weighted by Gasteiger charge is -2.15. The minimum absolute atomic E-state index is 0.0185. The van der Waals surface area contributed by atoms with Gasteiger partial charge in [0, 0.05) is 17.3 Å². The van der Waals surface area contributed by atoms with Gasteiger partial charge in [-0.15, -0.1) is 0 Å². The molecule has 0 aliphatic heterocycles. The third kappa shape index (κ3) is 5.12. The number of rotatable bonds is 7. The first-order valence-electron chi connectivity index (χ1n) is 6.54. The van der Waals surface area contributed by atoms with Crippen LogP contribution in [-0.4, -0.2) is 23.5 Å². The number of hydrogen-bond donors (Lipinski definition) is 3. The fraction of sp³-hybridized carbons (Fsp3) is 0.500. The van der Waals surface area contributed by atoms with Crippen LogP contribution in [0, 0.1) is 6.92 Å². The molecule has 106 valence electrons. The average Bonchev–Trinajstić information content (AvgIpc) is 2.38. The number of nitrogens with one attached hydrogen (secondary N) is 2. The number of nitrogen functional groups attached to an aromatic ring is 1. The standard InChI is InChI=1S/C14H23N3OS/c1-4-19-8-7-11(3)16-14(18)13-6-5-12(17-15)9-10(13)2/h5-6,9,11,17H,4,7-8,15H2,1-3H3,(H,16,18). The van der Waals surface area contributed by atoms with Crippen molar-refractivity contribution < 1.29 is 4.79 Å². The van der Waals surface area contributed by atoms with E-state index < -0.39 is 0 Å². The van der Waals surface area contributed by atoms with Crippen molar-refractivity contribution in [3.8, 4) is 0 Å². The molecule has 0 heterocycles. The van der Waals surface area contributed by atoms with Crippen molar-refractivity contribution in [2.24, 2.45) is 5.84 Å². The Kier molecular flexibility index (Phi) is 6.73. The van der Waals surface area contributed by atoms with Gasteiger partial charge in [0.2, 0.25) is 0 Å². The molecule has 1 aromatic carbocycles. The van der Waals surface area contributed by atoms with Crippen LogP contribution in [-0.2, 0) is 0 Å². The number of amides is 1. The van der Waals surface area contributed by atoms with Crippen molar-refractivity contribution in [2.75, 3.05) is 16.9 Å². The van der Waals surface area contributed by atoms with Gasteiger partial charge in [-0.25, -0.2) is 0 Å². The van der Waals surface area contributed by atoms with Crippen LogP contribution in [0.2, 0.25) is 0 Å². The number of hydrazine groups is 1. The van der Waals surface area contributed by atoms with E-state index in [9.17, 15) is 4.79 Å². The topological polar surface area (TPSA) is 67.2 Å². The van der Waals surface area contributed by atoms with Gasteiger partial charge in [0.15, 0.2) is 0 Å². The van der Waals surface area contributed by atoms with Gasteiger partial charge < -0.3 is 10.7 Å². The Morgan fingerprint density at radius 1 is 1.47 bits per heavy atom. The fourth-order valence-electron chi connectivity index (χ4n) is 1.79. The molecule has 4 N–H and O–H groups in total. The van der Waals surface area contributed by atoms with Crippen molar-refractivity contribution in [1.82, 2.24) is 5.32 Å². The molecular weight excluding hydrogens is 258 g/mol. The van der Waals surface area contributed by atoms with Gasteiger partial charge in [0.25, 0.3) is 5.91 Å². The smallest absolute Gasteiger partial charge is 0.251 e. The van der Waals surface area contributed by atoms with Crippen LogP contribution in [0.15, 0.2) is 18.2 Å². The number of anilines is 1. The van der Waals surface area contributed by atoms with Crippen LogP contribution in [0.25, 0.3) is 0 Å². The molecule has 0 fully saturated rings. The summed E-state index contributed by atoms with van der Waals surface area (Å²) in [5.41, 5.74) is 5.00. The van der Waals surface area contributed by atoms with Gasteiger partial charge in [0.05, 0.1) is 0 Å². The molecule has 5 heteroatoms. The molecule has 0 bridgehead atoms. The second kappa shape index (κ2) is 8.07. The SMILES string of the molecule is CCSCCC(C)NC(=O)c1ccc(NN)cc1C. The van der Waals surface area contributed by atoms with Gasteiger partial charge in [-0.2, -0.15) is 11.8 Å². The molecule has 1 unspecified atom stereocenters. The third-order valence-electron chi connectivity index (χ3n) is 2.91. The molecule has 0 radical (unpaired) electrons. The Hall–Kier alpha value is -1.20. The third-order valence-corrected chi connectivity index (χ3v) is 3.85. The summed E-state index contributed by atoms with van der Waals surface area (Å²) in [4.78, 5) is 12.1. The van der Waals surface area contributed by atoms with E-state index in [4.69, 9.17) is 5.84 Å². The second-order valence-corrected chi connectivity index (χ2v) is 5.93. The van der Waals surface area contributed by atoms with E-state index in [2.05, 4.69) is 17.7 Å². The predicted molar refractivity (Wildman–Crippen MR) is 83.5 cm³/mol. The van der Waals surface area contributed by atoms with Gasteiger partial charge >= 0.3 is 0 Å². The molecule has 0 spiro atoms. The largest absolute Gasteiger partial charge is 0.350 e. The van der Waals surface area contributed by atoms with Crippen molar-refractivity contribution in [2.45, 2.75) is 33.2 Å². The minimum atomic E-state index is -0.0185. The van der Waals surface area contributed by atoms with Crippen molar-refractivity contribution >= 4 is 23.4 Å². The predicted octanol–water partition coefficient (Wildman–Crippen LogP) is 2.54. The Balaban J connectivity index is 2.57. The van der Waals surface area contributed by atoms with Crippen molar-refractivity contribution in [3.63, 3.8) is 0 Å². The Labute approximate surface area is 119 Å². The summed E-state index contributed by atoms with van der Waals surface area (Å²) in [6.07, 6.45) is 0.992. The number of aryl methyl sites for hydroxylation is 1. The molecule has 0 saturated heterocycles. The summed E-state index contributed by atoms with van der Waals surface area (Å²) in [5, 5.41) is 3.03. The maximum absolute atomic E-state index is 12.1. The number of hydrogen-bond acceptors (Lipinski definition) is 4. The highest BCUT2D eigenvalue weighted by Crippen LogP contribution is 2.14. The molecule has 1 amide bonds. The zero-order valence-electron chi connectivity index (χ0n) is 11.8. The van der Waals surface area contributed by atoms with Gasteiger partial charge in [-0.3, -0.25) is 10.6 Å². The lowest BCUT2D eigenvalue weighted by Crippen LogP contribution is -2.33. The lowest BCUT2D eigenvalue weighted by atomic mass is 10.1. The Morgan fingerprint density at radius 3 is 2.79 bits per heavy atom. The summed E-state index contributed by atoms with van der Waals surface area (Å²) in [6, 6.07) is 5.66. The van der Waals surface area contributed by atoms with Gasteiger partial charge in [-0.05, 0) is 55.5 Å². The molecule has 0 aliphatic rings. The van der Waals surface area contributed by atoms with Crippen LogP contribution in [0.4, 0.5) is 5.69 Å². The molecule has 1 aromatic rings. The number of carbonyl (C=O) groups excluding carboxylic acids is 1. The van der Waals surface area contributed by atoms with Gasteiger partial charge in [-0.1, -0.05) is 6.92 Å². The number of benzene rings is 1. The van der Waals surface area contributed by atoms with E-state index in [1.54, 1.807) is 12.1 Å². The summed E-state index contributed by atoms with van der Waals surface area (Å²) in [6.45, 7) is 6.09. The van der Waals surface area contributed by atoms with Crippen molar-refractivity contribution in [3.05, 3.63) is 29.3 Å². The summed E-state index contributed by atoms with van der Waals surface area (Å²) < 4.78 is 0. The van der Waals surface area contributed by atoms with Crippen LogP contribution in [0.3, 0.4) is 0 Å². The molecule has 1 atom stereocenters. The first kappa shape index (κ1) is 15.9. The fourth-order valence-corrected chi connectivity index (χ4v) is 2.60. The van der Waals surface area contributed by atoms with Crippen LogP contribution in [0.5, 0.6) is 0 Å². The maximum Gasteiger partial charge on any atom is 0.251 e. The van der Waals surface area contributed by atoms with Crippen LogP contribution in [0.1, 0.15) is 36.2 Å². The normalized spacial score (nSPS) is 12.0. The van der Waals surface area contributed by atoms with E-state index in [1.807, 2.05) is 31.7 Å². The highest BCUT2D eigenvalue weighted by molar-refractivity contribution is 7.99. The van der Waals surface area contributed by atoms with Crippen LogP contribution < -0.4 is 16.6 Å². The minimum Gasteiger partial charge on any atom is -0.350 e. The number of nitrogens with two attached hydrogens (primary N) is 1. The van der Waals surface area contributed by atoms with E-state index in [-0.39, 0.29) is 11.9 Å². The van der Waals surface area contributed by atoms with Crippen LogP contribution >= 0.6 is 11.8 Å².